The van der Waals surface area contributed by atoms with Gasteiger partial charge in [0.15, 0.2) is 9.84 Å². The van der Waals surface area contributed by atoms with Gasteiger partial charge in [0, 0.05) is 6.04 Å². The largest absolute Gasteiger partial charge is 0.445 e. The van der Waals surface area contributed by atoms with Crippen LogP contribution in [-0.2, 0) is 21.2 Å². The zero-order valence-electron chi connectivity index (χ0n) is 11.0. The van der Waals surface area contributed by atoms with E-state index >= 15 is 0 Å². The minimum absolute atomic E-state index is 0.0748. The molecule has 3 N–H and O–H groups in total. The van der Waals surface area contributed by atoms with Crippen LogP contribution in [0.15, 0.2) is 30.3 Å². The Balaban J connectivity index is 1.84. The highest BCUT2D eigenvalue weighted by Gasteiger charge is 2.32. The Morgan fingerprint density at radius 3 is 2.75 bits per heavy atom. The summed E-state index contributed by atoms with van der Waals surface area (Å²) in [6, 6.07) is 8.30. The van der Waals surface area contributed by atoms with Crippen LogP contribution in [0.3, 0.4) is 0 Å². The van der Waals surface area contributed by atoms with Gasteiger partial charge >= 0.3 is 6.09 Å². The van der Waals surface area contributed by atoms with Gasteiger partial charge in [-0.25, -0.2) is 13.2 Å². The third kappa shape index (κ3) is 4.21. The Kier molecular flexibility index (Phi) is 4.61. The molecular weight excluding hydrogens is 280 g/mol. The number of hydrogen-bond acceptors (Lipinski definition) is 5. The van der Waals surface area contributed by atoms with Crippen molar-refractivity contribution in [3.05, 3.63) is 35.9 Å². The average Bonchev–Trinajstić information content (AvgIpc) is 2.42. The summed E-state index contributed by atoms with van der Waals surface area (Å²) in [5.74, 6) is -0.0555. The molecule has 0 aromatic heterocycles. The molecule has 0 spiro atoms. The predicted octanol–water partition coefficient (Wildman–Crippen LogP) is 0.427. The van der Waals surface area contributed by atoms with E-state index in [4.69, 9.17) is 10.5 Å². The second-order valence-corrected chi connectivity index (χ2v) is 7.11. The molecule has 110 valence electrons. The Morgan fingerprint density at radius 1 is 1.35 bits per heavy atom. The first kappa shape index (κ1) is 14.8. The van der Waals surface area contributed by atoms with Crippen LogP contribution in [0, 0.1) is 0 Å². The molecule has 0 unspecified atom stereocenters. The molecule has 1 aliphatic heterocycles. The van der Waals surface area contributed by atoms with E-state index < -0.39 is 22.0 Å². The maximum atomic E-state index is 11.7. The standard InChI is InChI=1S/C13H18N2O4S/c14-11-6-7-20(17,18)9-12(11)15-13(16)19-8-10-4-2-1-3-5-10/h1-5,11-12H,6-9,14H2,(H,15,16)/t11-,12+/m0/s1. The fourth-order valence-electron chi connectivity index (χ4n) is 2.06. The number of rotatable bonds is 3. The van der Waals surface area contributed by atoms with Gasteiger partial charge in [-0.05, 0) is 12.0 Å². The Hall–Kier alpha value is -1.60. The smallest absolute Gasteiger partial charge is 0.407 e. The zero-order chi connectivity index (χ0) is 14.6. The van der Waals surface area contributed by atoms with Crippen molar-refractivity contribution in [3.8, 4) is 0 Å². The maximum Gasteiger partial charge on any atom is 0.407 e. The number of hydrogen-bond donors (Lipinski definition) is 2. The molecule has 0 radical (unpaired) electrons. The number of ether oxygens (including phenoxy) is 1. The van der Waals surface area contributed by atoms with Gasteiger partial charge < -0.3 is 15.8 Å². The first-order valence-corrected chi connectivity index (χ1v) is 8.22. The minimum atomic E-state index is -3.13. The summed E-state index contributed by atoms with van der Waals surface area (Å²) in [7, 11) is -3.13. The molecule has 7 heteroatoms. The molecule has 1 aromatic carbocycles. The van der Waals surface area contributed by atoms with Crippen molar-refractivity contribution in [1.82, 2.24) is 5.32 Å². The third-order valence-corrected chi connectivity index (χ3v) is 4.95. The topological polar surface area (TPSA) is 98.5 Å². The second-order valence-electron chi connectivity index (χ2n) is 4.88. The minimum Gasteiger partial charge on any atom is -0.445 e. The third-order valence-electron chi connectivity index (χ3n) is 3.23. The van der Waals surface area contributed by atoms with Crippen LogP contribution in [0.2, 0.25) is 0 Å². The van der Waals surface area contributed by atoms with Crippen molar-refractivity contribution in [2.75, 3.05) is 11.5 Å². The molecule has 1 aliphatic rings. The summed E-state index contributed by atoms with van der Waals surface area (Å²) >= 11 is 0. The van der Waals surface area contributed by atoms with E-state index in [0.717, 1.165) is 5.56 Å². The lowest BCUT2D eigenvalue weighted by Crippen LogP contribution is -2.55. The maximum absolute atomic E-state index is 11.7. The SMILES string of the molecule is N[C@H]1CCS(=O)(=O)C[C@H]1NC(=O)OCc1ccccc1. The van der Waals surface area contributed by atoms with Crippen molar-refractivity contribution in [2.45, 2.75) is 25.1 Å². The van der Waals surface area contributed by atoms with E-state index in [9.17, 15) is 13.2 Å². The number of alkyl carbamates (subject to hydrolysis) is 1. The number of nitrogens with one attached hydrogen (secondary N) is 1. The Bertz CT molecular complexity index is 559. The fourth-order valence-corrected chi connectivity index (χ4v) is 3.74. The van der Waals surface area contributed by atoms with Gasteiger partial charge in [-0.3, -0.25) is 0 Å². The summed E-state index contributed by atoms with van der Waals surface area (Å²) < 4.78 is 28.1. The number of nitrogens with two attached hydrogens (primary N) is 1. The molecule has 2 rings (SSSR count). The van der Waals surface area contributed by atoms with Crippen LogP contribution >= 0.6 is 0 Å². The van der Waals surface area contributed by atoms with E-state index in [1.165, 1.54) is 0 Å². The number of carbonyl (C=O) groups excluding carboxylic acids is 1. The molecule has 20 heavy (non-hydrogen) atoms. The van der Waals surface area contributed by atoms with Crippen molar-refractivity contribution in [1.29, 1.82) is 0 Å². The Morgan fingerprint density at radius 2 is 2.05 bits per heavy atom. The molecule has 1 amide bonds. The summed E-state index contributed by atoms with van der Waals surface area (Å²) in [6.45, 7) is 0.140. The summed E-state index contributed by atoms with van der Waals surface area (Å²) in [5.41, 5.74) is 6.69. The van der Waals surface area contributed by atoms with E-state index in [1.807, 2.05) is 30.3 Å². The zero-order valence-corrected chi connectivity index (χ0v) is 11.8. The quantitative estimate of drug-likeness (QED) is 0.843. The van der Waals surface area contributed by atoms with Crippen LogP contribution in [0.1, 0.15) is 12.0 Å². The second kappa shape index (κ2) is 6.23. The van der Waals surface area contributed by atoms with Crippen molar-refractivity contribution >= 4 is 15.9 Å². The van der Waals surface area contributed by atoms with E-state index in [2.05, 4.69) is 5.32 Å². The monoisotopic (exact) mass is 298 g/mol. The van der Waals surface area contributed by atoms with Gasteiger partial charge in [0.05, 0.1) is 17.5 Å². The Labute approximate surface area is 118 Å². The van der Waals surface area contributed by atoms with Crippen molar-refractivity contribution < 1.29 is 17.9 Å². The predicted molar refractivity (Wildman–Crippen MR) is 74.8 cm³/mol. The highest BCUT2D eigenvalue weighted by molar-refractivity contribution is 7.91. The lowest BCUT2D eigenvalue weighted by Gasteiger charge is -2.28. The first-order chi connectivity index (χ1) is 9.46. The fraction of sp³-hybridized carbons (Fsp3) is 0.462. The number of carbonyl (C=O) groups is 1. The van der Waals surface area contributed by atoms with Gasteiger partial charge in [0.1, 0.15) is 6.61 Å². The van der Waals surface area contributed by atoms with E-state index in [-0.39, 0.29) is 24.2 Å². The summed E-state index contributed by atoms with van der Waals surface area (Å²) in [5, 5.41) is 2.53. The van der Waals surface area contributed by atoms with Gasteiger partial charge in [-0.1, -0.05) is 30.3 Å². The van der Waals surface area contributed by atoms with Crippen LogP contribution in [-0.4, -0.2) is 38.1 Å². The van der Waals surface area contributed by atoms with E-state index in [0.29, 0.717) is 6.42 Å². The lowest BCUT2D eigenvalue weighted by molar-refractivity contribution is 0.135. The molecule has 1 saturated heterocycles. The number of benzene rings is 1. The molecular formula is C13H18N2O4S. The number of sulfone groups is 1. The van der Waals surface area contributed by atoms with Crippen molar-refractivity contribution in [3.63, 3.8) is 0 Å². The lowest BCUT2D eigenvalue weighted by atomic mass is 10.1. The molecule has 1 heterocycles. The highest BCUT2D eigenvalue weighted by Crippen LogP contribution is 2.11. The van der Waals surface area contributed by atoms with Gasteiger partial charge in [-0.2, -0.15) is 0 Å². The molecule has 0 saturated carbocycles. The number of amides is 1. The molecule has 6 nitrogen and oxygen atoms in total. The summed E-state index contributed by atoms with van der Waals surface area (Å²) in [6.07, 6.45) is -0.294. The first-order valence-electron chi connectivity index (χ1n) is 6.39. The molecule has 1 fully saturated rings. The molecule has 0 bridgehead atoms. The molecule has 0 aliphatic carbocycles. The van der Waals surface area contributed by atoms with Gasteiger partial charge in [-0.15, -0.1) is 0 Å². The van der Waals surface area contributed by atoms with Crippen LogP contribution in [0.5, 0.6) is 0 Å². The van der Waals surface area contributed by atoms with Crippen LogP contribution in [0.25, 0.3) is 0 Å². The molecule has 2 atom stereocenters. The van der Waals surface area contributed by atoms with Crippen LogP contribution < -0.4 is 11.1 Å². The highest BCUT2D eigenvalue weighted by atomic mass is 32.2. The van der Waals surface area contributed by atoms with Gasteiger partial charge in [0.2, 0.25) is 0 Å². The summed E-state index contributed by atoms with van der Waals surface area (Å²) in [4.78, 5) is 11.7. The molecule has 1 aromatic rings. The van der Waals surface area contributed by atoms with E-state index in [1.54, 1.807) is 0 Å². The van der Waals surface area contributed by atoms with Crippen molar-refractivity contribution in [2.24, 2.45) is 5.73 Å². The normalized spacial score (nSPS) is 24.9. The van der Waals surface area contributed by atoms with Crippen LogP contribution in [0.4, 0.5) is 4.79 Å². The van der Waals surface area contributed by atoms with Gasteiger partial charge in [0.25, 0.3) is 0 Å². The average molecular weight is 298 g/mol.